The highest BCUT2D eigenvalue weighted by atomic mass is 35.5. The van der Waals surface area contributed by atoms with Crippen molar-refractivity contribution in [2.75, 3.05) is 49.5 Å². The van der Waals surface area contributed by atoms with E-state index in [1.807, 2.05) is 49.1 Å². The van der Waals surface area contributed by atoms with Gasteiger partial charge in [-0.25, -0.2) is 13.4 Å². The zero-order valence-electron chi connectivity index (χ0n) is 21.4. The molecule has 2 radical (unpaired) electrons. The zero-order valence-corrected chi connectivity index (χ0v) is 23.0. The Bertz CT molecular complexity index is 1410. The van der Waals surface area contributed by atoms with E-state index in [1.165, 1.54) is 21.3 Å². The normalized spacial score (nSPS) is 14.7. The number of halogens is 1. The quantitative estimate of drug-likeness (QED) is 0.229. The molecule has 0 amide bonds. The molecule has 1 saturated heterocycles. The zero-order chi connectivity index (χ0) is 27.3. The first kappa shape index (κ1) is 28.1. The van der Waals surface area contributed by atoms with Crippen LogP contribution < -0.4 is 21.2 Å². The third kappa shape index (κ3) is 6.37. The summed E-state index contributed by atoms with van der Waals surface area (Å²) in [6.07, 6.45) is 3.71. The number of pyridine rings is 1. The molecule has 13 heteroatoms. The van der Waals surface area contributed by atoms with Crippen molar-refractivity contribution in [3.63, 3.8) is 0 Å². The molecule has 0 spiro atoms. The van der Waals surface area contributed by atoms with Crippen LogP contribution in [0.25, 0.3) is 5.69 Å². The van der Waals surface area contributed by atoms with Gasteiger partial charge in [0.25, 0.3) is 5.56 Å². The Hall–Kier alpha value is -2.93. The first-order chi connectivity index (χ1) is 18.2. The van der Waals surface area contributed by atoms with E-state index in [0.717, 1.165) is 6.42 Å². The third-order valence-corrected chi connectivity index (χ3v) is 8.27. The van der Waals surface area contributed by atoms with Crippen LogP contribution in [0.2, 0.25) is 5.15 Å². The number of para-hydroxylation sites is 1. The number of ether oxygens (including phenoxy) is 1. The average molecular weight is 557 g/mol. The summed E-state index contributed by atoms with van der Waals surface area (Å²) in [5.74, 6) is 0. The molecule has 1 aliphatic rings. The number of aromatic nitrogens is 3. The van der Waals surface area contributed by atoms with Gasteiger partial charge in [-0.05, 0) is 38.5 Å². The highest BCUT2D eigenvalue weighted by molar-refractivity contribution is 7.89. The molecule has 1 aliphatic heterocycles. The molecule has 3 aromatic rings. The summed E-state index contributed by atoms with van der Waals surface area (Å²) in [5.41, 5.74) is 1.52. The van der Waals surface area contributed by atoms with Crippen LogP contribution in [0.5, 0.6) is 0 Å². The molecule has 1 N–H and O–H groups in total. The Labute approximate surface area is 229 Å². The van der Waals surface area contributed by atoms with Crippen LogP contribution in [0.3, 0.4) is 0 Å². The van der Waals surface area contributed by atoms with E-state index in [2.05, 4.69) is 15.4 Å². The molecule has 10 nitrogen and oxygen atoms in total. The number of benzene rings is 1. The van der Waals surface area contributed by atoms with Crippen LogP contribution in [-0.4, -0.2) is 80.8 Å². The molecule has 4 rings (SSSR count). The fraction of sp³-hybridized carbons (Fsp3) is 0.400. The molecular weight excluding hydrogens is 527 g/mol. The van der Waals surface area contributed by atoms with Crippen molar-refractivity contribution in [2.45, 2.75) is 31.3 Å². The van der Waals surface area contributed by atoms with Crippen LogP contribution in [-0.2, 0) is 14.8 Å². The maximum atomic E-state index is 13.5. The van der Waals surface area contributed by atoms with E-state index < -0.39 is 10.0 Å². The number of sulfonamides is 1. The van der Waals surface area contributed by atoms with Gasteiger partial charge in [0, 0.05) is 45.5 Å². The SMILES string of the molecule is [B]c1cc(S(=O)(=O)N2CCN(c3cnn(-c4ccccc4)c(=O)c3NCCCOC(C)C)CC2)cnc1Cl. The van der Waals surface area contributed by atoms with Crippen molar-refractivity contribution in [1.29, 1.82) is 0 Å². The van der Waals surface area contributed by atoms with Crippen molar-refractivity contribution in [2.24, 2.45) is 0 Å². The summed E-state index contributed by atoms with van der Waals surface area (Å²) in [5, 5.41) is 7.75. The number of nitrogens with zero attached hydrogens (tertiary/aromatic N) is 5. The largest absolute Gasteiger partial charge is 0.379 e. The van der Waals surface area contributed by atoms with Gasteiger partial charge in [-0.1, -0.05) is 35.3 Å². The van der Waals surface area contributed by atoms with Crippen molar-refractivity contribution in [1.82, 2.24) is 19.1 Å². The number of hydrogen-bond donors (Lipinski definition) is 1. The smallest absolute Gasteiger partial charge is 0.296 e. The molecule has 0 aliphatic carbocycles. The number of rotatable bonds is 10. The van der Waals surface area contributed by atoms with E-state index in [-0.39, 0.29) is 40.3 Å². The summed E-state index contributed by atoms with van der Waals surface area (Å²) in [6, 6.07) is 10.5. The van der Waals surface area contributed by atoms with Gasteiger partial charge in [-0.2, -0.15) is 14.1 Å². The number of anilines is 2. The molecule has 0 bridgehead atoms. The fourth-order valence-electron chi connectivity index (χ4n) is 4.11. The molecule has 38 heavy (non-hydrogen) atoms. The minimum absolute atomic E-state index is 0.00838. The van der Waals surface area contributed by atoms with Gasteiger partial charge in [-0.3, -0.25) is 4.79 Å². The van der Waals surface area contributed by atoms with Crippen molar-refractivity contribution in [3.05, 3.63) is 64.3 Å². The van der Waals surface area contributed by atoms with Crippen LogP contribution in [0.1, 0.15) is 20.3 Å². The minimum atomic E-state index is -3.80. The monoisotopic (exact) mass is 556 g/mol. The van der Waals surface area contributed by atoms with Crippen molar-refractivity contribution >= 4 is 46.3 Å². The summed E-state index contributed by atoms with van der Waals surface area (Å²) in [4.78, 5) is 19.3. The second kappa shape index (κ2) is 12.3. The van der Waals surface area contributed by atoms with Gasteiger partial charge >= 0.3 is 0 Å². The van der Waals surface area contributed by atoms with E-state index in [4.69, 9.17) is 24.2 Å². The minimum Gasteiger partial charge on any atom is -0.379 e. The van der Waals surface area contributed by atoms with Crippen LogP contribution in [0.15, 0.2) is 58.5 Å². The fourth-order valence-corrected chi connectivity index (χ4v) is 5.62. The average Bonchev–Trinajstić information content (AvgIpc) is 2.91. The highest BCUT2D eigenvalue weighted by Crippen LogP contribution is 2.25. The molecule has 200 valence electrons. The predicted octanol–water partition coefficient (Wildman–Crippen LogP) is 1.81. The molecular formula is C25H30BClN6O4S. The molecule has 0 unspecified atom stereocenters. The molecule has 1 aromatic carbocycles. The van der Waals surface area contributed by atoms with Crippen LogP contribution >= 0.6 is 11.6 Å². The van der Waals surface area contributed by atoms with Gasteiger partial charge < -0.3 is 15.0 Å². The van der Waals surface area contributed by atoms with Crippen LogP contribution in [0.4, 0.5) is 11.4 Å². The summed E-state index contributed by atoms with van der Waals surface area (Å²) >= 11 is 5.85. The maximum absolute atomic E-state index is 13.5. The maximum Gasteiger partial charge on any atom is 0.296 e. The van der Waals surface area contributed by atoms with Gasteiger partial charge in [0.1, 0.15) is 23.6 Å². The third-order valence-electron chi connectivity index (χ3n) is 6.09. The lowest BCUT2D eigenvalue weighted by Gasteiger charge is -2.36. The predicted molar refractivity (Wildman–Crippen MR) is 150 cm³/mol. The second-order valence-electron chi connectivity index (χ2n) is 9.10. The lowest BCUT2D eigenvalue weighted by Crippen LogP contribution is -2.49. The summed E-state index contributed by atoms with van der Waals surface area (Å²) < 4.78 is 34.6. The van der Waals surface area contributed by atoms with E-state index in [9.17, 15) is 13.2 Å². The number of hydrogen-bond acceptors (Lipinski definition) is 8. The van der Waals surface area contributed by atoms with E-state index in [1.54, 1.807) is 6.20 Å². The van der Waals surface area contributed by atoms with Gasteiger partial charge in [0.2, 0.25) is 10.0 Å². The number of nitrogens with one attached hydrogen (secondary N) is 1. The summed E-state index contributed by atoms with van der Waals surface area (Å²) in [6.45, 7) is 6.24. The first-order valence-electron chi connectivity index (χ1n) is 12.4. The number of piperazine rings is 1. The Balaban J connectivity index is 1.54. The standard InChI is InChI=1S/C25H30BClN6O4S/c1-18(2)37-14-6-9-28-23-22(17-30-33(25(23)34)19-7-4-3-5-8-19)31-10-12-32(13-11-31)38(35,36)20-15-21(26)24(27)29-16-20/h3-5,7-8,15-18,28H,6,9-14H2,1-2H3. The van der Waals surface area contributed by atoms with Gasteiger partial charge in [0.05, 0.1) is 23.7 Å². The topological polar surface area (TPSA) is 110 Å². The van der Waals surface area contributed by atoms with E-state index >= 15 is 0 Å². The molecule has 0 saturated carbocycles. The molecule has 3 heterocycles. The van der Waals surface area contributed by atoms with Gasteiger partial charge in [-0.15, -0.1) is 0 Å². The van der Waals surface area contributed by atoms with Crippen LogP contribution in [0, 0.1) is 0 Å². The summed E-state index contributed by atoms with van der Waals surface area (Å²) in [7, 11) is 1.96. The van der Waals surface area contributed by atoms with Gasteiger partial charge in [0.15, 0.2) is 0 Å². The molecule has 1 fully saturated rings. The Morgan fingerprint density at radius 1 is 1.13 bits per heavy atom. The first-order valence-corrected chi connectivity index (χ1v) is 14.2. The van der Waals surface area contributed by atoms with Crippen molar-refractivity contribution in [3.8, 4) is 5.69 Å². The Morgan fingerprint density at radius 2 is 1.84 bits per heavy atom. The van der Waals surface area contributed by atoms with Crippen molar-refractivity contribution < 1.29 is 13.2 Å². The van der Waals surface area contributed by atoms with E-state index in [0.29, 0.717) is 43.3 Å². The highest BCUT2D eigenvalue weighted by Gasteiger charge is 2.30. The lowest BCUT2D eigenvalue weighted by atomic mass is 9.99. The lowest BCUT2D eigenvalue weighted by molar-refractivity contribution is 0.0787. The Kier molecular flexibility index (Phi) is 9.09. The second-order valence-corrected chi connectivity index (χ2v) is 11.4. The molecule has 2 aromatic heterocycles. The molecule has 0 atom stereocenters. The Morgan fingerprint density at radius 3 is 2.50 bits per heavy atom.